The van der Waals surface area contributed by atoms with Crippen LogP contribution in [0, 0.1) is 0 Å². The van der Waals surface area contributed by atoms with E-state index in [1.54, 1.807) is 25.4 Å². The van der Waals surface area contributed by atoms with Gasteiger partial charge in [-0.3, -0.25) is 4.79 Å². The summed E-state index contributed by atoms with van der Waals surface area (Å²) in [5.74, 6) is 0.452. The molecule has 94 valence electrons. The van der Waals surface area contributed by atoms with E-state index in [1.165, 1.54) is 0 Å². The zero-order chi connectivity index (χ0) is 12.5. The molecule has 1 fully saturated rings. The van der Waals surface area contributed by atoms with E-state index in [1.807, 2.05) is 4.90 Å². The van der Waals surface area contributed by atoms with Gasteiger partial charge in [0, 0.05) is 12.2 Å². The van der Waals surface area contributed by atoms with Gasteiger partial charge in [0.1, 0.15) is 5.56 Å². The number of pyridine rings is 1. The van der Waals surface area contributed by atoms with Gasteiger partial charge in [-0.15, -0.1) is 0 Å². The van der Waals surface area contributed by atoms with Crippen molar-refractivity contribution >= 4 is 5.91 Å². The third kappa shape index (κ3) is 1.68. The molecule has 0 aliphatic carbocycles. The Kier molecular flexibility index (Phi) is 2.78. The summed E-state index contributed by atoms with van der Waals surface area (Å²) in [7, 11) is 1.55. The van der Waals surface area contributed by atoms with E-state index in [2.05, 4.69) is 17.1 Å². The molecule has 0 saturated carbocycles. The summed E-state index contributed by atoms with van der Waals surface area (Å²) in [6.45, 7) is 0. The van der Waals surface area contributed by atoms with Crippen molar-refractivity contribution in [3.8, 4) is 5.88 Å². The normalized spacial score (nSPS) is 25.3. The van der Waals surface area contributed by atoms with E-state index in [9.17, 15) is 4.79 Å². The third-order valence-corrected chi connectivity index (χ3v) is 3.74. The smallest absolute Gasteiger partial charge is 0.260 e. The van der Waals surface area contributed by atoms with Gasteiger partial charge in [0.05, 0.1) is 13.2 Å². The molecule has 3 heterocycles. The number of methoxy groups -OCH3 is 1. The van der Waals surface area contributed by atoms with Gasteiger partial charge in [0.2, 0.25) is 5.88 Å². The predicted octanol–water partition coefficient (Wildman–Crippen LogP) is 2.02. The molecule has 2 aliphatic heterocycles. The summed E-state index contributed by atoms with van der Waals surface area (Å²) in [5, 5.41) is 0. The molecular weight excluding hydrogens is 228 g/mol. The fourth-order valence-corrected chi connectivity index (χ4v) is 2.90. The lowest BCUT2D eigenvalue weighted by Crippen LogP contribution is -2.42. The Hall–Kier alpha value is -1.84. The average Bonchev–Trinajstić information content (AvgIpc) is 2.67. The summed E-state index contributed by atoms with van der Waals surface area (Å²) in [6, 6.07) is 4.15. The first-order valence-electron chi connectivity index (χ1n) is 6.29. The van der Waals surface area contributed by atoms with Crippen LogP contribution >= 0.6 is 0 Å². The highest BCUT2D eigenvalue weighted by Crippen LogP contribution is 2.33. The van der Waals surface area contributed by atoms with Crippen molar-refractivity contribution in [3.63, 3.8) is 0 Å². The minimum Gasteiger partial charge on any atom is -0.480 e. The number of hydrogen-bond acceptors (Lipinski definition) is 3. The first-order valence-corrected chi connectivity index (χ1v) is 6.29. The highest BCUT2D eigenvalue weighted by atomic mass is 16.5. The number of carbonyl (C=O) groups excluding carboxylic acids is 1. The van der Waals surface area contributed by atoms with Crippen molar-refractivity contribution in [3.05, 3.63) is 36.0 Å². The van der Waals surface area contributed by atoms with Gasteiger partial charge in [0.25, 0.3) is 5.91 Å². The number of fused-ring (bicyclic) bond motifs is 2. The summed E-state index contributed by atoms with van der Waals surface area (Å²) in [5.41, 5.74) is 0.562. The van der Waals surface area contributed by atoms with E-state index in [4.69, 9.17) is 4.74 Å². The van der Waals surface area contributed by atoms with Gasteiger partial charge in [0.15, 0.2) is 0 Å². The SMILES string of the molecule is COc1ncccc1C(=O)N1C2C=CCC1CC2. The molecule has 0 N–H and O–H groups in total. The van der Waals surface area contributed by atoms with Gasteiger partial charge in [-0.05, 0) is 31.4 Å². The monoisotopic (exact) mass is 244 g/mol. The van der Waals surface area contributed by atoms with Crippen LogP contribution in [0.5, 0.6) is 5.88 Å². The molecule has 1 saturated heterocycles. The number of amides is 1. The number of hydrogen-bond donors (Lipinski definition) is 0. The van der Waals surface area contributed by atoms with Gasteiger partial charge >= 0.3 is 0 Å². The Morgan fingerprint density at radius 2 is 2.39 bits per heavy atom. The molecule has 1 aromatic rings. The summed E-state index contributed by atoms with van der Waals surface area (Å²) >= 11 is 0. The second-order valence-electron chi connectivity index (χ2n) is 4.74. The minimum atomic E-state index is 0.0387. The van der Waals surface area contributed by atoms with Crippen molar-refractivity contribution in [2.75, 3.05) is 7.11 Å². The molecular formula is C14H16N2O2. The lowest BCUT2D eigenvalue weighted by atomic mass is 10.1. The fourth-order valence-electron chi connectivity index (χ4n) is 2.90. The maximum atomic E-state index is 12.6. The molecule has 4 nitrogen and oxygen atoms in total. The number of aromatic nitrogens is 1. The van der Waals surface area contributed by atoms with Crippen LogP contribution in [-0.4, -0.2) is 35.0 Å². The molecule has 2 aliphatic rings. The highest BCUT2D eigenvalue weighted by Gasteiger charge is 2.38. The van der Waals surface area contributed by atoms with Crippen LogP contribution < -0.4 is 4.74 Å². The Bertz CT molecular complexity index is 498. The molecule has 4 heteroatoms. The molecule has 0 aromatic carbocycles. The summed E-state index contributed by atoms with van der Waals surface area (Å²) in [6.07, 6.45) is 9.09. The molecule has 18 heavy (non-hydrogen) atoms. The fraction of sp³-hybridized carbons (Fsp3) is 0.429. The summed E-state index contributed by atoms with van der Waals surface area (Å²) in [4.78, 5) is 18.7. The molecule has 3 rings (SSSR count). The minimum absolute atomic E-state index is 0.0387. The van der Waals surface area contributed by atoms with Gasteiger partial charge in [-0.25, -0.2) is 4.98 Å². The molecule has 1 amide bonds. The van der Waals surface area contributed by atoms with Gasteiger partial charge in [-0.1, -0.05) is 12.2 Å². The van der Waals surface area contributed by atoms with E-state index >= 15 is 0 Å². The number of ether oxygens (including phenoxy) is 1. The topological polar surface area (TPSA) is 42.4 Å². The molecule has 0 spiro atoms. The van der Waals surface area contributed by atoms with Crippen molar-refractivity contribution in [1.29, 1.82) is 0 Å². The molecule has 1 aromatic heterocycles. The first kappa shape index (κ1) is 11.3. The van der Waals surface area contributed by atoms with Crippen molar-refractivity contribution in [2.24, 2.45) is 0 Å². The number of nitrogens with zero attached hydrogens (tertiary/aromatic N) is 2. The quantitative estimate of drug-likeness (QED) is 0.747. The standard InChI is InChI=1S/C14H16N2O2/c1-18-13-12(6-3-9-15-13)14(17)16-10-4-2-5-11(16)8-7-10/h2-4,6,9-11H,5,7-8H2,1H3. The lowest BCUT2D eigenvalue weighted by Gasteiger charge is -2.31. The Balaban J connectivity index is 1.93. The van der Waals surface area contributed by atoms with E-state index in [0.29, 0.717) is 17.5 Å². The van der Waals surface area contributed by atoms with E-state index in [-0.39, 0.29) is 11.9 Å². The number of rotatable bonds is 2. The van der Waals surface area contributed by atoms with Crippen molar-refractivity contribution in [1.82, 2.24) is 9.88 Å². The van der Waals surface area contributed by atoms with Crippen LogP contribution in [0.3, 0.4) is 0 Å². The second kappa shape index (κ2) is 4.44. The van der Waals surface area contributed by atoms with Gasteiger partial charge in [-0.2, -0.15) is 0 Å². The molecule has 2 unspecified atom stereocenters. The molecule has 2 atom stereocenters. The van der Waals surface area contributed by atoms with Crippen molar-refractivity contribution < 1.29 is 9.53 Å². The van der Waals surface area contributed by atoms with Crippen LogP contribution in [0.2, 0.25) is 0 Å². The Labute approximate surface area is 106 Å². The molecule has 0 radical (unpaired) electrons. The predicted molar refractivity (Wildman–Crippen MR) is 67.5 cm³/mol. The van der Waals surface area contributed by atoms with Crippen LogP contribution in [-0.2, 0) is 0 Å². The molecule has 2 bridgehead atoms. The van der Waals surface area contributed by atoms with E-state index < -0.39 is 0 Å². The Morgan fingerprint density at radius 3 is 3.17 bits per heavy atom. The van der Waals surface area contributed by atoms with E-state index in [0.717, 1.165) is 19.3 Å². The first-order chi connectivity index (χ1) is 8.81. The van der Waals surface area contributed by atoms with Crippen LogP contribution in [0.4, 0.5) is 0 Å². The average molecular weight is 244 g/mol. The highest BCUT2D eigenvalue weighted by molar-refractivity contribution is 5.97. The number of carbonyl (C=O) groups is 1. The van der Waals surface area contributed by atoms with Crippen LogP contribution in [0.1, 0.15) is 29.6 Å². The van der Waals surface area contributed by atoms with Crippen LogP contribution in [0.25, 0.3) is 0 Å². The third-order valence-electron chi connectivity index (χ3n) is 3.74. The van der Waals surface area contributed by atoms with Crippen LogP contribution in [0.15, 0.2) is 30.5 Å². The maximum absolute atomic E-state index is 12.6. The maximum Gasteiger partial charge on any atom is 0.260 e. The lowest BCUT2D eigenvalue weighted by molar-refractivity contribution is 0.0684. The zero-order valence-electron chi connectivity index (χ0n) is 10.4. The zero-order valence-corrected chi connectivity index (χ0v) is 10.4. The van der Waals surface area contributed by atoms with Crippen molar-refractivity contribution in [2.45, 2.75) is 31.3 Å². The summed E-state index contributed by atoms with van der Waals surface area (Å²) < 4.78 is 5.17. The second-order valence-corrected chi connectivity index (χ2v) is 4.74. The Morgan fingerprint density at radius 1 is 1.50 bits per heavy atom. The largest absolute Gasteiger partial charge is 0.480 e. The van der Waals surface area contributed by atoms with Gasteiger partial charge < -0.3 is 9.64 Å².